The molecule has 3 rings (SSSR count). The van der Waals surface area contributed by atoms with E-state index in [0.29, 0.717) is 28.7 Å². The van der Waals surface area contributed by atoms with Gasteiger partial charge in [0.05, 0.1) is 9.92 Å². The number of halogens is 1. The molecule has 0 aliphatic heterocycles. The smallest absolute Gasteiger partial charge is 0.267 e. The van der Waals surface area contributed by atoms with Gasteiger partial charge in [-0.25, -0.2) is 8.42 Å². The lowest BCUT2D eigenvalue weighted by molar-refractivity contribution is 0.103. The zero-order valence-corrected chi connectivity index (χ0v) is 18.2. The Morgan fingerprint density at radius 1 is 1.14 bits per heavy atom. The molecule has 0 saturated heterocycles. The van der Waals surface area contributed by atoms with Crippen LogP contribution in [0.25, 0.3) is 10.1 Å². The minimum absolute atomic E-state index is 0.152. The van der Waals surface area contributed by atoms with Crippen LogP contribution in [0.5, 0.6) is 0 Å². The predicted octanol–water partition coefficient (Wildman–Crippen LogP) is 5.15. The summed E-state index contributed by atoms with van der Waals surface area (Å²) >= 11 is 7.70. The highest BCUT2D eigenvalue weighted by Gasteiger charge is 2.23. The normalized spacial score (nSPS) is 11.9. The molecule has 1 heterocycles. The summed E-state index contributed by atoms with van der Waals surface area (Å²) in [6.07, 6.45) is 0. The zero-order valence-electron chi connectivity index (χ0n) is 15.8. The molecule has 5 nitrogen and oxygen atoms in total. The van der Waals surface area contributed by atoms with Crippen LogP contribution in [0.1, 0.15) is 29.1 Å². The molecular weight excluding hydrogens is 416 g/mol. The number of rotatable bonds is 6. The van der Waals surface area contributed by atoms with Gasteiger partial charge in [0.15, 0.2) is 0 Å². The molecule has 1 amide bonds. The number of sulfonamides is 1. The molecule has 0 saturated carbocycles. The van der Waals surface area contributed by atoms with Gasteiger partial charge in [-0.15, -0.1) is 11.3 Å². The van der Waals surface area contributed by atoms with Crippen molar-refractivity contribution in [3.05, 3.63) is 57.9 Å². The Kier molecular flexibility index (Phi) is 6.09. The number of hydrogen-bond acceptors (Lipinski definition) is 4. The maximum Gasteiger partial charge on any atom is 0.267 e. The first kappa shape index (κ1) is 20.8. The molecule has 0 fully saturated rings. The van der Waals surface area contributed by atoms with Crippen LogP contribution in [-0.2, 0) is 10.0 Å². The number of aryl methyl sites for hydroxylation is 1. The molecular formula is C20H21ClN2O3S2. The van der Waals surface area contributed by atoms with Gasteiger partial charge < -0.3 is 5.32 Å². The standard InChI is InChI=1S/C20H21ClN2O3S2/c1-4-23(5-2)28(25,26)14-11-10-13(3)16(12-14)22-20(24)19-18(21)15-8-6-7-9-17(15)27-19/h6-12H,4-5H2,1-3H3,(H,22,24). The summed E-state index contributed by atoms with van der Waals surface area (Å²) < 4.78 is 27.9. The van der Waals surface area contributed by atoms with Gasteiger partial charge in [-0.05, 0) is 30.7 Å². The van der Waals surface area contributed by atoms with Gasteiger partial charge in [0.25, 0.3) is 5.91 Å². The topological polar surface area (TPSA) is 66.5 Å². The third-order valence-corrected chi connectivity index (χ3v) is 8.26. The Labute approximate surface area is 174 Å². The number of anilines is 1. The summed E-state index contributed by atoms with van der Waals surface area (Å²) in [5, 5.41) is 4.05. The summed E-state index contributed by atoms with van der Waals surface area (Å²) in [5.74, 6) is -0.355. The monoisotopic (exact) mass is 436 g/mol. The van der Waals surface area contributed by atoms with Crippen LogP contribution in [0.4, 0.5) is 5.69 Å². The summed E-state index contributed by atoms with van der Waals surface area (Å²) in [4.78, 5) is 13.4. The number of nitrogens with one attached hydrogen (secondary N) is 1. The Bertz CT molecular complexity index is 1140. The summed E-state index contributed by atoms with van der Waals surface area (Å²) in [7, 11) is -3.61. The molecule has 0 spiro atoms. The predicted molar refractivity (Wildman–Crippen MR) is 116 cm³/mol. The van der Waals surface area contributed by atoms with Crippen LogP contribution in [0, 0.1) is 6.92 Å². The van der Waals surface area contributed by atoms with E-state index in [4.69, 9.17) is 11.6 Å². The first-order valence-corrected chi connectivity index (χ1v) is 11.5. The molecule has 3 aromatic rings. The van der Waals surface area contributed by atoms with Crippen LogP contribution in [-0.4, -0.2) is 31.7 Å². The molecule has 1 N–H and O–H groups in total. The largest absolute Gasteiger partial charge is 0.321 e. The van der Waals surface area contributed by atoms with E-state index in [-0.39, 0.29) is 10.8 Å². The van der Waals surface area contributed by atoms with Crippen molar-refractivity contribution in [3.8, 4) is 0 Å². The van der Waals surface area contributed by atoms with E-state index in [1.807, 2.05) is 31.2 Å². The van der Waals surface area contributed by atoms with E-state index in [1.165, 1.54) is 21.7 Å². The first-order chi connectivity index (χ1) is 13.3. The maximum atomic E-state index is 12.8. The Morgan fingerprint density at radius 2 is 1.82 bits per heavy atom. The quantitative estimate of drug-likeness (QED) is 0.581. The minimum Gasteiger partial charge on any atom is -0.321 e. The van der Waals surface area contributed by atoms with E-state index >= 15 is 0 Å². The molecule has 0 aliphatic rings. The Balaban J connectivity index is 1.96. The van der Waals surface area contributed by atoms with Gasteiger partial charge in [0.2, 0.25) is 10.0 Å². The summed E-state index contributed by atoms with van der Waals surface area (Å²) in [5.41, 5.74) is 1.22. The van der Waals surface area contributed by atoms with E-state index < -0.39 is 10.0 Å². The first-order valence-electron chi connectivity index (χ1n) is 8.88. The van der Waals surface area contributed by atoms with Crippen LogP contribution in [0.3, 0.4) is 0 Å². The Morgan fingerprint density at radius 3 is 2.46 bits per heavy atom. The van der Waals surface area contributed by atoms with Gasteiger partial charge in [0, 0.05) is 28.9 Å². The van der Waals surface area contributed by atoms with E-state index in [2.05, 4.69) is 5.32 Å². The second-order valence-corrected chi connectivity index (χ2v) is 9.63. The lowest BCUT2D eigenvalue weighted by Crippen LogP contribution is -2.30. The van der Waals surface area contributed by atoms with Crippen molar-refractivity contribution in [1.29, 1.82) is 0 Å². The summed E-state index contributed by atoms with van der Waals surface area (Å²) in [6.45, 7) is 6.16. The van der Waals surface area contributed by atoms with Crippen molar-refractivity contribution in [2.24, 2.45) is 0 Å². The highest BCUT2D eigenvalue weighted by molar-refractivity contribution is 7.89. The van der Waals surface area contributed by atoms with Gasteiger partial charge in [-0.2, -0.15) is 4.31 Å². The maximum absolute atomic E-state index is 12.8. The number of thiophene rings is 1. The second kappa shape index (κ2) is 8.21. The summed E-state index contributed by atoms with van der Waals surface area (Å²) in [6, 6.07) is 12.3. The number of carbonyl (C=O) groups excluding carboxylic acids is 1. The van der Waals surface area contributed by atoms with Crippen molar-refractivity contribution < 1.29 is 13.2 Å². The third kappa shape index (κ3) is 3.80. The fourth-order valence-electron chi connectivity index (χ4n) is 2.95. The minimum atomic E-state index is -3.61. The fraction of sp³-hybridized carbons (Fsp3) is 0.250. The molecule has 0 aliphatic carbocycles. The molecule has 8 heteroatoms. The van der Waals surface area contributed by atoms with Crippen LogP contribution >= 0.6 is 22.9 Å². The zero-order chi connectivity index (χ0) is 20.5. The van der Waals surface area contributed by atoms with Crippen LogP contribution < -0.4 is 5.32 Å². The molecule has 0 bridgehead atoms. The van der Waals surface area contributed by atoms with Crippen molar-refractivity contribution in [1.82, 2.24) is 4.31 Å². The lowest BCUT2D eigenvalue weighted by atomic mass is 10.2. The molecule has 0 unspecified atom stereocenters. The number of hydrogen-bond donors (Lipinski definition) is 1. The molecule has 1 aromatic heterocycles. The molecule has 0 atom stereocenters. The SMILES string of the molecule is CCN(CC)S(=O)(=O)c1ccc(C)c(NC(=O)c2sc3ccccc3c2Cl)c1. The molecule has 2 aromatic carbocycles. The highest BCUT2D eigenvalue weighted by atomic mass is 35.5. The average molecular weight is 437 g/mol. The van der Waals surface area contributed by atoms with Gasteiger partial charge in [-0.3, -0.25) is 4.79 Å². The van der Waals surface area contributed by atoms with Gasteiger partial charge in [0.1, 0.15) is 4.88 Å². The highest BCUT2D eigenvalue weighted by Crippen LogP contribution is 2.36. The number of benzene rings is 2. The number of amides is 1. The Hall–Kier alpha value is -1.93. The molecule has 148 valence electrons. The van der Waals surface area contributed by atoms with Crippen molar-refractivity contribution >= 4 is 54.6 Å². The number of carbonyl (C=O) groups is 1. The number of nitrogens with zero attached hydrogens (tertiary/aromatic N) is 1. The second-order valence-electron chi connectivity index (χ2n) is 6.26. The fourth-order valence-corrected chi connectivity index (χ4v) is 5.84. The third-order valence-electron chi connectivity index (χ3n) is 4.54. The average Bonchev–Trinajstić information content (AvgIpc) is 3.01. The van der Waals surface area contributed by atoms with Crippen LogP contribution in [0.15, 0.2) is 47.4 Å². The van der Waals surface area contributed by atoms with Crippen molar-refractivity contribution in [2.75, 3.05) is 18.4 Å². The van der Waals surface area contributed by atoms with Crippen molar-refractivity contribution in [3.63, 3.8) is 0 Å². The number of fused-ring (bicyclic) bond motifs is 1. The van der Waals surface area contributed by atoms with E-state index in [1.54, 1.807) is 26.0 Å². The van der Waals surface area contributed by atoms with E-state index in [9.17, 15) is 13.2 Å². The van der Waals surface area contributed by atoms with E-state index in [0.717, 1.165) is 15.6 Å². The molecule has 0 radical (unpaired) electrons. The van der Waals surface area contributed by atoms with Gasteiger partial charge in [-0.1, -0.05) is 49.7 Å². The molecule has 28 heavy (non-hydrogen) atoms. The van der Waals surface area contributed by atoms with Crippen LogP contribution in [0.2, 0.25) is 5.02 Å². The lowest BCUT2D eigenvalue weighted by Gasteiger charge is -2.19. The van der Waals surface area contributed by atoms with Crippen molar-refractivity contribution in [2.45, 2.75) is 25.7 Å². The van der Waals surface area contributed by atoms with Gasteiger partial charge >= 0.3 is 0 Å².